The summed E-state index contributed by atoms with van der Waals surface area (Å²) in [5.41, 5.74) is 3.26. The molecule has 5 heteroatoms. The largest absolute Gasteiger partial charge is 0.508 e. The predicted octanol–water partition coefficient (Wildman–Crippen LogP) is 1.61. The van der Waals surface area contributed by atoms with Crippen LogP contribution in [0.5, 0.6) is 11.5 Å². The van der Waals surface area contributed by atoms with Crippen LogP contribution in [0.25, 0.3) is 0 Å². The Morgan fingerprint density at radius 1 is 1.41 bits per heavy atom. The van der Waals surface area contributed by atoms with Gasteiger partial charge in [-0.3, -0.25) is 4.79 Å². The number of phenols is 2. The second-order valence-electron chi connectivity index (χ2n) is 4.17. The third-order valence-corrected chi connectivity index (χ3v) is 2.73. The van der Waals surface area contributed by atoms with Crippen LogP contribution in [0, 0.1) is 5.92 Å². The van der Waals surface area contributed by atoms with E-state index >= 15 is 0 Å². The number of carbonyl (C=O) groups is 1. The minimum atomic E-state index is -0.529. The minimum absolute atomic E-state index is 0.0114. The van der Waals surface area contributed by atoms with E-state index in [2.05, 4.69) is 10.5 Å². The summed E-state index contributed by atoms with van der Waals surface area (Å²) in [4.78, 5) is 11.7. The van der Waals surface area contributed by atoms with E-state index in [9.17, 15) is 15.0 Å². The Morgan fingerprint density at radius 2 is 2.12 bits per heavy atom. The average Bonchev–Trinajstić information content (AvgIpc) is 3.12. The first kappa shape index (κ1) is 11.4. The fraction of sp³-hybridized carbons (Fsp3) is 0.333. The standard InChI is InChI=1S/C12H14N2O3/c1-7(8-2-3-8)13-14-12(17)10-6-9(15)4-5-11(10)16/h4-6,8,15-16H,2-3H2,1H3,(H,14,17). The van der Waals surface area contributed by atoms with E-state index in [0.29, 0.717) is 5.92 Å². The number of hydrogen-bond acceptors (Lipinski definition) is 4. The Labute approximate surface area is 98.8 Å². The number of amides is 1. The van der Waals surface area contributed by atoms with Crippen LogP contribution < -0.4 is 5.43 Å². The van der Waals surface area contributed by atoms with Crippen molar-refractivity contribution in [2.24, 2.45) is 11.0 Å². The number of aromatic hydroxyl groups is 2. The summed E-state index contributed by atoms with van der Waals surface area (Å²) in [5.74, 6) is -0.304. The van der Waals surface area contributed by atoms with Gasteiger partial charge in [-0.15, -0.1) is 0 Å². The first-order valence-electron chi connectivity index (χ1n) is 5.44. The number of nitrogens with one attached hydrogen (secondary N) is 1. The average molecular weight is 234 g/mol. The molecule has 0 spiro atoms. The van der Waals surface area contributed by atoms with Crippen molar-refractivity contribution in [2.45, 2.75) is 19.8 Å². The third kappa shape index (κ3) is 2.75. The monoisotopic (exact) mass is 234 g/mol. The lowest BCUT2D eigenvalue weighted by molar-refractivity contribution is 0.0951. The molecule has 1 aliphatic rings. The van der Waals surface area contributed by atoms with Gasteiger partial charge in [0.25, 0.3) is 5.91 Å². The molecular formula is C12H14N2O3. The van der Waals surface area contributed by atoms with Gasteiger partial charge in [0.05, 0.1) is 5.56 Å². The zero-order chi connectivity index (χ0) is 12.4. The molecule has 0 atom stereocenters. The lowest BCUT2D eigenvalue weighted by Crippen LogP contribution is -2.19. The van der Waals surface area contributed by atoms with Crippen molar-refractivity contribution in [1.82, 2.24) is 5.43 Å². The number of nitrogens with zero attached hydrogens (tertiary/aromatic N) is 1. The van der Waals surface area contributed by atoms with Gasteiger partial charge in [0.15, 0.2) is 0 Å². The second kappa shape index (κ2) is 4.45. The molecule has 1 aliphatic carbocycles. The van der Waals surface area contributed by atoms with Crippen LogP contribution in [0.4, 0.5) is 0 Å². The number of phenolic OH excluding ortho intramolecular Hbond substituents is 2. The summed E-state index contributed by atoms with van der Waals surface area (Å²) < 4.78 is 0. The van der Waals surface area contributed by atoms with Crippen molar-refractivity contribution in [3.8, 4) is 11.5 Å². The summed E-state index contributed by atoms with van der Waals surface area (Å²) >= 11 is 0. The molecule has 5 nitrogen and oxygen atoms in total. The zero-order valence-corrected chi connectivity index (χ0v) is 9.47. The van der Waals surface area contributed by atoms with Gasteiger partial charge in [-0.25, -0.2) is 5.43 Å². The molecule has 1 aromatic carbocycles. The van der Waals surface area contributed by atoms with Gasteiger partial charge in [0.2, 0.25) is 0 Å². The topological polar surface area (TPSA) is 81.9 Å². The first-order chi connectivity index (χ1) is 8.08. The number of carbonyl (C=O) groups excluding carboxylic acids is 1. The SMILES string of the molecule is CC(=NNC(=O)c1cc(O)ccc1O)C1CC1. The molecule has 90 valence electrons. The third-order valence-electron chi connectivity index (χ3n) is 2.73. The van der Waals surface area contributed by atoms with E-state index < -0.39 is 5.91 Å². The zero-order valence-electron chi connectivity index (χ0n) is 9.47. The van der Waals surface area contributed by atoms with Crippen LogP contribution in [0.2, 0.25) is 0 Å². The molecule has 0 aromatic heterocycles. The second-order valence-corrected chi connectivity index (χ2v) is 4.17. The molecule has 1 saturated carbocycles. The minimum Gasteiger partial charge on any atom is -0.508 e. The van der Waals surface area contributed by atoms with Gasteiger partial charge in [0, 0.05) is 5.71 Å². The summed E-state index contributed by atoms with van der Waals surface area (Å²) in [6, 6.07) is 3.78. The summed E-state index contributed by atoms with van der Waals surface area (Å²) in [7, 11) is 0. The maximum absolute atomic E-state index is 11.7. The van der Waals surface area contributed by atoms with Crippen molar-refractivity contribution in [3.63, 3.8) is 0 Å². The van der Waals surface area contributed by atoms with Crippen molar-refractivity contribution >= 4 is 11.6 Å². The Kier molecular flexibility index (Phi) is 2.99. The molecule has 1 amide bonds. The highest BCUT2D eigenvalue weighted by atomic mass is 16.3. The lowest BCUT2D eigenvalue weighted by Gasteiger charge is -2.04. The number of hydrogen-bond donors (Lipinski definition) is 3. The van der Waals surface area contributed by atoms with Crippen molar-refractivity contribution in [3.05, 3.63) is 23.8 Å². The first-order valence-corrected chi connectivity index (χ1v) is 5.44. The maximum Gasteiger partial charge on any atom is 0.275 e. The van der Waals surface area contributed by atoms with E-state index in [1.54, 1.807) is 0 Å². The van der Waals surface area contributed by atoms with Crippen molar-refractivity contribution in [1.29, 1.82) is 0 Å². The summed E-state index contributed by atoms with van der Waals surface area (Å²) in [6.07, 6.45) is 2.23. The van der Waals surface area contributed by atoms with Crippen LogP contribution in [-0.4, -0.2) is 21.8 Å². The van der Waals surface area contributed by atoms with E-state index in [-0.39, 0.29) is 17.1 Å². The van der Waals surface area contributed by atoms with Crippen LogP contribution in [0.1, 0.15) is 30.1 Å². The molecule has 0 heterocycles. The predicted molar refractivity (Wildman–Crippen MR) is 63.1 cm³/mol. The fourth-order valence-electron chi connectivity index (χ4n) is 1.50. The fourth-order valence-corrected chi connectivity index (χ4v) is 1.50. The quantitative estimate of drug-likeness (QED) is 0.422. The van der Waals surface area contributed by atoms with E-state index in [4.69, 9.17) is 0 Å². The summed E-state index contributed by atoms with van der Waals surface area (Å²) in [5, 5.41) is 22.7. The Bertz CT molecular complexity index is 479. The van der Waals surface area contributed by atoms with Crippen LogP contribution in [-0.2, 0) is 0 Å². The van der Waals surface area contributed by atoms with Gasteiger partial charge < -0.3 is 10.2 Å². The highest BCUT2D eigenvalue weighted by Crippen LogP contribution is 2.30. The molecule has 0 unspecified atom stereocenters. The molecule has 0 bridgehead atoms. The molecule has 0 aliphatic heterocycles. The van der Waals surface area contributed by atoms with Gasteiger partial charge in [-0.1, -0.05) is 0 Å². The van der Waals surface area contributed by atoms with Crippen LogP contribution in [0.3, 0.4) is 0 Å². The van der Waals surface area contributed by atoms with Crippen molar-refractivity contribution in [2.75, 3.05) is 0 Å². The smallest absolute Gasteiger partial charge is 0.275 e. The Balaban J connectivity index is 2.08. The molecule has 1 aromatic rings. The van der Waals surface area contributed by atoms with E-state index in [1.807, 2.05) is 6.92 Å². The molecule has 3 N–H and O–H groups in total. The molecule has 2 rings (SSSR count). The maximum atomic E-state index is 11.7. The van der Waals surface area contributed by atoms with Gasteiger partial charge >= 0.3 is 0 Å². The number of rotatable bonds is 3. The summed E-state index contributed by atoms with van der Waals surface area (Å²) in [6.45, 7) is 1.86. The highest BCUT2D eigenvalue weighted by molar-refractivity contribution is 5.98. The van der Waals surface area contributed by atoms with Crippen molar-refractivity contribution < 1.29 is 15.0 Å². The highest BCUT2D eigenvalue weighted by Gasteiger charge is 2.24. The van der Waals surface area contributed by atoms with E-state index in [1.165, 1.54) is 18.2 Å². The lowest BCUT2D eigenvalue weighted by atomic mass is 10.2. The molecule has 17 heavy (non-hydrogen) atoms. The van der Waals surface area contributed by atoms with E-state index in [0.717, 1.165) is 18.6 Å². The Morgan fingerprint density at radius 3 is 2.76 bits per heavy atom. The normalized spacial score (nSPS) is 15.7. The van der Waals surface area contributed by atoms with Crippen LogP contribution in [0.15, 0.2) is 23.3 Å². The number of benzene rings is 1. The Hall–Kier alpha value is -2.04. The number of hydrazone groups is 1. The molecule has 0 radical (unpaired) electrons. The van der Waals surface area contributed by atoms with Gasteiger partial charge in [-0.2, -0.15) is 5.10 Å². The van der Waals surface area contributed by atoms with Gasteiger partial charge in [-0.05, 0) is 43.9 Å². The molecule has 0 saturated heterocycles. The molecule has 1 fully saturated rings. The molecular weight excluding hydrogens is 220 g/mol. The van der Waals surface area contributed by atoms with Crippen LogP contribution >= 0.6 is 0 Å². The van der Waals surface area contributed by atoms with Gasteiger partial charge in [0.1, 0.15) is 11.5 Å².